The fourth-order valence-corrected chi connectivity index (χ4v) is 6.62. The number of amides is 1. The predicted molar refractivity (Wildman–Crippen MR) is 176 cm³/mol. The van der Waals surface area contributed by atoms with Crippen LogP contribution in [0.4, 0.5) is 5.69 Å². The van der Waals surface area contributed by atoms with Crippen molar-refractivity contribution in [2.75, 3.05) is 37.8 Å². The summed E-state index contributed by atoms with van der Waals surface area (Å²) in [6.07, 6.45) is 2.16. The molecule has 0 spiro atoms. The second-order valence-electron chi connectivity index (χ2n) is 12.5. The van der Waals surface area contributed by atoms with Crippen LogP contribution in [-0.4, -0.2) is 66.9 Å². The molecule has 2 atom stereocenters. The molecule has 1 amide bonds. The Morgan fingerprint density at radius 2 is 1.77 bits per heavy atom. The molecule has 44 heavy (non-hydrogen) atoms. The van der Waals surface area contributed by atoms with Gasteiger partial charge in [-0.3, -0.25) is 14.5 Å². The van der Waals surface area contributed by atoms with E-state index in [9.17, 15) is 9.59 Å². The first-order valence-electron chi connectivity index (χ1n) is 16.1. The van der Waals surface area contributed by atoms with E-state index in [-0.39, 0.29) is 24.1 Å². The second-order valence-corrected chi connectivity index (χ2v) is 12.5. The van der Waals surface area contributed by atoms with Gasteiger partial charge in [-0.05, 0) is 100 Å². The summed E-state index contributed by atoms with van der Waals surface area (Å²) in [4.78, 5) is 34.2. The Balaban J connectivity index is 1.46. The van der Waals surface area contributed by atoms with Crippen LogP contribution in [0.5, 0.6) is 0 Å². The molecule has 2 aromatic carbocycles. The number of ether oxygens (including phenoxy) is 2. The highest BCUT2D eigenvalue weighted by Crippen LogP contribution is 2.34. The number of carbonyl (C=O) groups excluding carboxylic acids is 1. The van der Waals surface area contributed by atoms with Crippen LogP contribution < -0.4 is 15.8 Å². The molecular weight excluding hydrogens is 552 g/mol. The second kappa shape index (κ2) is 14.1. The number of morpholine rings is 1. The summed E-state index contributed by atoms with van der Waals surface area (Å²) in [6.45, 7) is 17.4. The maximum Gasteiger partial charge on any atom is 0.253 e. The largest absolute Gasteiger partial charge is 0.381 e. The molecule has 0 radical (unpaired) electrons. The lowest BCUT2D eigenvalue weighted by Gasteiger charge is -2.37. The van der Waals surface area contributed by atoms with Gasteiger partial charge < -0.3 is 24.7 Å². The summed E-state index contributed by atoms with van der Waals surface area (Å²) in [5.41, 5.74) is 8.08. The van der Waals surface area contributed by atoms with Crippen molar-refractivity contribution in [3.63, 3.8) is 0 Å². The van der Waals surface area contributed by atoms with E-state index in [0.29, 0.717) is 23.2 Å². The van der Waals surface area contributed by atoms with Gasteiger partial charge in [0.2, 0.25) is 0 Å². The monoisotopic (exact) mass is 600 g/mol. The molecule has 2 saturated heterocycles. The summed E-state index contributed by atoms with van der Waals surface area (Å²) in [5.74, 6) is -0.181. The third-order valence-corrected chi connectivity index (χ3v) is 9.24. The quantitative estimate of drug-likeness (QED) is 0.337. The van der Waals surface area contributed by atoms with Gasteiger partial charge >= 0.3 is 0 Å². The first-order chi connectivity index (χ1) is 21.1. The fraction of sp³-hybridized carbons (Fsp3) is 0.500. The number of pyridine rings is 1. The average Bonchev–Trinajstić information content (AvgIpc) is 3.00. The lowest BCUT2D eigenvalue weighted by atomic mass is 9.94. The van der Waals surface area contributed by atoms with E-state index in [1.165, 1.54) is 5.56 Å². The Kier molecular flexibility index (Phi) is 10.2. The van der Waals surface area contributed by atoms with Gasteiger partial charge in [0.15, 0.2) is 0 Å². The SMILES string of the molecule is CCN(c1cc(-c2ccc(CN3C[C@H](C)OC[C@@H]3C)cc2)cc(C(=O)NCc2c(C)cc(C)[nH]c2=O)c1C)C1CCOCC1. The van der Waals surface area contributed by atoms with Crippen LogP contribution in [0.25, 0.3) is 11.1 Å². The Morgan fingerprint density at radius 1 is 1.05 bits per heavy atom. The van der Waals surface area contributed by atoms with Crippen molar-refractivity contribution in [3.8, 4) is 11.1 Å². The standard InChI is InChI=1S/C36H48N4O4/c1-7-40(31-12-14-43-15-13-31)34-18-30(29-10-8-28(9-11-29)21-39-20-26(5)44-22-25(39)4)17-32(27(34)6)35(41)37-19-33-23(2)16-24(3)38-36(33)42/h8-11,16-18,25-26,31H,7,12-15,19-22H2,1-6H3,(H,37,41)(H,38,42)/t25-,26-/m0/s1. The average molecular weight is 601 g/mol. The van der Waals surface area contributed by atoms with Crippen LogP contribution in [0.1, 0.15) is 71.9 Å². The lowest BCUT2D eigenvalue weighted by Crippen LogP contribution is -2.46. The van der Waals surface area contributed by atoms with Crippen LogP contribution in [0.3, 0.4) is 0 Å². The van der Waals surface area contributed by atoms with Crippen molar-refractivity contribution < 1.29 is 14.3 Å². The third kappa shape index (κ3) is 7.25. The molecule has 8 heteroatoms. The Morgan fingerprint density at radius 3 is 2.45 bits per heavy atom. The minimum absolute atomic E-state index is 0.161. The number of nitrogens with one attached hydrogen (secondary N) is 2. The molecule has 3 aromatic rings. The maximum absolute atomic E-state index is 13.8. The van der Waals surface area contributed by atoms with Crippen LogP contribution in [0, 0.1) is 20.8 Å². The number of benzene rings is 2. The zero-order valence-corrected chi connectivity index (χ0v) is 27.2. The summed E-state index contributed by atoms with van der Waals surface area (Å²) >= 11 is 0. The van der Waals surface area contributed by atoms with Gasteiger partial charge in [0, 0.05) is 74.0 Å². The lowest BCUT2D eigenvalue weighted by molar-refractivity contribution is -0.0526. The molecule has 2 fully saturated rings. The normalized spacial score (nSPS) is 19.6. The van der Waals surface area contributed by atoms with Gasteiger partial charge in [-0.2, -0.15) is 0 Å². The van der Waals surface area contributed by atoms with Gasteiger partial charge in [0.1, 0.15) is 0 Å². The summed E-state index contributed by atoms with van der Waals surface area (Å²) in [6, 6.07) is 15.6. The summed E-state index contributed by atoms with van der Waals surface area (Å²) in [7, 11) is 0. The van der Waals surface area contributed by atoms with Gasteiger partial charge in [0.25, 0.3) is 11.5 Å². The summed E-state index contributed by atoms with van der Waals surface area (Å²) in [5, 5.41) is 3.05. The molecule has 0 bridgehead atoms. The van der Waals surface area contributed by atoms with Gasteiger partial charge in [0.05, 0.1) is 12.7 Å². The third-order valence-electron chi connectivity index (χ3n) is 9.24. The van der Waals surface area contributed by atoms with Crippen molar-refractivity contribution in [3.05, 3.63) is 86.3 Å². The number of aromatic nitrogens is 1. The summed E-state index contributed by atoms with van der Waals surface area (Å²) < 4.78 is 11.5. The van der Waals surface area contributed by atoms with Crippen LogP contribution in [0.2, 0.25) is 0 Å². The Bertz CT molecular complexity index is 1510. The van der Waals surface area contributed by atoms with Crippen LogP contribution in [0.15, 0.2) is 47.3 Å². The molecule has 236 valence electrons. The van der Waals surface area contributed by atoms with Gasteiger partial charge in [-0.15, -0.1) is 0 Å². The van der Waals surface area contributed by atoms with E-state index < -0.39 is 0 Å². The van der Waals surface area contributed by atoms with Gasteiger partial charge in [-0.25, -0.2) is 0 Å². The van der Waals surface area contributed by atoms with E-state index in [4.69, 9.17) is 9.47 Å². The highest BCUT2D eigenvalue weighted by atomic mass is 16.5. The minimum atomic E-state index is -0.181. The first kappa shape index (κ1) is 31.9. The fourth-order valence-electron chi connectivity index (χ4n) is 6.62. The molecule has 8 nitrogen and oxygen atoms in total. The molecule has 0 saturated carbocycles. The van der Waals surface area contributed by atoms with E-state index in [2.05, 4.69) is 71.2 Å². The highest BCUT2D eigenvalue weighted by Gasteiger charge is 2.26. The van der Waals surface area contributed by atoms with E-state index in [1.807, 2.05) is 32.9 Å². The molecular formula is C36H48N4O4. The zero-order valence-electron chi connectivity index (χ0n) is 27.2. The van der Waals surface area contributed by atoms with Crippen molar-refractivity contribution in [2.45, 2.75) is 85.7 Å². The number of aromatic amines is 1. The molecule has 1 aromatic heterocycles. The number of nitrogens with zero attached hydrogens (tertiary/aromatic N) is 2. The first-order valence-corrected chi connectivity index (χ1v) is 16.1. The van der Waals surface area contributed by atoms with Crippen molar-refractivity contribution >= 4 is 11.6 Å². The number of aryl methyl sites for hydroxylation is 2. The molecule has 2 aliphatic heterocycles. The highest BCUT2D eigenvalue weighted by molar-refractivity contribution is 5.99. The number of rotatable bonds is 9. The van der Waals surface area contributed by atoms with E-state index in [0.717, 1.165) is 85.9 Å². The van der Waals surface area contributed by atoms with Crippen LogP contribution >= 0.6 is 0 Å². The molecule has 3 heterocycles. The maximum atomic E-state index is 13.8. The predicted octanol–water partition coefficient (Wildman–Crippen LogP) is 5.51. The number of anilines is 1. The molecule has 5 rings (SSSR count). The zero-order chi connectivity index (χ0) is 31.4. The molecule has 2 aliphatic rings. The van der Waals surface area contributed by atoms with Crippen molar-refractivity contribution in [1.29, 1.82) is 0 Å². The topological polar surface area (TPSA) is 86.9 Å². The Labute approximate surface area is 261 Å². The van der Waals surface area contributed by atoms with Crippen molar-refractivity contribution in [1.82, 2.24) is 15.2 Å². The van der Waals surface area contributed by atoms with Crippen LogP contribution in [-0.2, 0) is 22.6 Å². The number of carbonyl (C=O) groups is 1. The van der Waals surface area contributed by atoms with Crippen molar-refractivity contribution in [2.24, 2.45) is 0 Å². The molecule has 0 aliphatic carbocycles. The number of hydrogen-bond donors (Lipinski definition) is 2. The van der Waals surface area contributed by atoms with Gasteiger partial charge in [-0.1, -0.05) is 24.3 Å². The number of hydrogen-bond acceptors (Lipinski definition) is 6. The Hall–Kier alpha value is -3.46. The van der Waals surface area contributed by atoms with E-state index in [1.54, 1.807) is 0 Å². The minimum Gasteiger partial charge on any atom is -0.381 e. The molecule has 2 N–H and O–H groups in total. The number of H-pyrrole nitrogens is 1. The molecule has 0 unspecified atom stereocenters. The smallest absolute Gasteiger partial charge is 0.253 e. The van der Waals surface area contributed by atoms with E-state index >= 15 is 0 Å².